The predicted molar refractivity (Wildman–Crippen MR) is 87.6 cm³/mol. The molecule has 5 heteroatoms. The molecule has 0 bridgehead atoms. The van der Waals surface area contributed by atoms with Gasteiger partial charge in [0.25, 0.3) is 0 Å². The van der Waals surface area contributed by atoms with Crippen molar-refractivity contribution in [1.29, 1.82) is 0 Å². The molecule has 0 aromatic heterocycles. The first-order valence-electron chi connectivity index (χ1n) is 7.00. The van der Waals surface area contributed by atoms with Crippen LogP contribution in [0, 0.1) is 0 Å². The van der Waals surface area contributed by atoms with Gasteiger partial charge < -0.3 is 10.6 Å². The van der Waals surface area contributed by atoms with E-state index < -0.39 is 0 Å². The number of hydrogen-bond acceptors (Lipinski definition) is 3. The van der Waals surface area contributed by atoms with E-state index in [1.165, 1.54) is 25.7 Å². The van der Waals surface area contributed by atoms with Gasteiger partial charge in [0.2, 0.25) is 5.91 Å². The number of rotatable bonds is 5. The van der Waals surface area contributed by atoms with Crippen LogP contribution >= 0.6 is 23.4 Å². The topological polar surface area (TPSA) is 41.1 Å². The third-order valence-corrected chi connectivity index (χ3v) is 5.08. The Balaban J connectivity index is 1.78. The number of benzene rings is 1. The van der Waals surface area contributed by atoms with Gasteiger partial charge in [0, 0.05) is 22.0 Å². The maximum absolute atomic E-state index is 11.9. The fourth-order valence-corrected chi connectivity index (χ4v) is 3.66. The summed E-state index contributed by atoms with van der Waals surface area (Å²) in [5.41, 5.74) is 0.784. The van der Waals surface area contributed by atoms with Gasteiger partial charge in [0.05, 0.1) is 6.54 Å². The van der Waals surface area contributed by atoms with E-state index in [-0.39, 0.29) is 5.91 Å². The summed E-state index contributed by atoms with van der Waals surface area (Å²) in [5.74, 6) is -0.00208. The van der Waals surface area contributed by atoms with E-state index >= 15 is 0 Å². The van der Waals surface area contributed by atoms with E-state index in [0.29, 0.717) is 22.9 Å². The molecule has 110 valence electrons. The zero-order chi connectivity index (χ0) is 14.4. The van der Waals surface area contributed by atoms with Crippen molar-refractivity contribution >= 4 is 35.0 Å². The number of halogens is 1. The summed E-state index contributed by atoms with van der Waals surface area (Å²) in [4.78, 5) is 11.9. The molecule has 1 aromatic carbocycles. The molecule has 1 aliphatic rings. The molecule has 2 rings (SSSR count). The lowest BCUT2D eigenvalue weighted by Crippen LogP contribution is -2.43. The molecule has 1 saturated carbocycles. The van der Waals surface area contributed by atoms with Crippen LogP contribution < -0.4 is 10.6 Å². The number of hydrogen-bond donors (Lipinski definition) is 2. The molecule has 0 radical (unpaired) electrons. The van der Waals surface area contributed by atoms with E-state index in [1.54, 1.807) is 12.1 Å². The van der Waals surface area contributed by atoms with Gasteiger partial charge in [-0.25, -0.2) is 0 Å². The van der Waals surface area contributed by atoms with Crippen molar-refractivity contribution in [3.63, 3.8) is 0 Å². The van der Waals surface area contributed by atoms with Crippen LogP contribution in [0.5, 0.6) is 0 Å². The van der Waals surface area contributed by atoms with Gasteiger partial charge in [-0.3, -0.25) is 4.79 Å². The third-order valence-electron chi connectivity index (χ3n) is 3.66. The molecule has 2 atom stereocenters. The lowest BCUT2D eigenvalue weighted by molar-refractivity contribution is -0.115. The fourth-order valence-electron chi connectivity index (χ4n) is 2.57. The Morgan fingerprint density at radius 3 is 2.70 bits per heavy atom. The summed E-state index contributed by atoms with van der Waals surface area (Å²) in [6.07, 6.45) is 7.13. The molecule has 0 heterocycles. The SMILES string of the molecule is CSC1CCCCC1NCC(=O)Nc1ccc(Cl)cc1. The molecule has 1 aliphatic carbocycles. The highest BCUT2D eigenvalue weighted by Gasteiger charge is 2.24. The lowest BCUT2D eigenvalue weighted by Gasteiger charge is -2.30. The second-order valence-electron chi connectivity index (χ2n) is 5.10. The van der Waals surface area contributed by atoms with Crippen molar-refractivity contribution < 1.29 is 4.79 Å². The number of carbonyl (C=O) groups excluding carboxylic acids is 1. The van der Waals surface area contributed by atoms with Crippen LogP contribution in [0.15, 0.2) is 24.3 Å². The van der Waals surface area contributed by atoms with Crippen molar-refractivity contribution in [2.24, 2.45) is 0 Å². The molecule has 0 aliphatic heterocycles. The molecular formula is C15H21ClN2OS. The van der Waals surface area contributed by atoms with Crippen LogP contribution in [-0.4, -0.2) is 30.0 Å². The normalized spacial score (nSPS) is 22.5. The first kappa shape index (κ1) is 15.7. The number of anilines is 1. The first-order chi connectivity index (χ1) is 9.69. The molecule has 3 nitrogen and oxygen atoms in total. The van der Waals surface area contributed by atoms with E-state index in [0.717, 1.165) is 5.69 Å². The summed E-state index contributed by atoms with van der Waals surface area (Å²) in [6, 6.07) is 7.62. The van der Waals surface area contributed by atoms with Crippen LogP contribution in [0.3, 0.4) is 0 Å². The fraction of sp³-hybridized carbons (Fsp3) is 0.533. The Bertz CT molecular complexity index is 438. The van der Waals surface area contributed by atoms with Crippen molar-refractivity contribution in [3.8, 4) is 0 Å². The van der Waals surface area contributed by atoms with Crippen molar-refractivity contribution in [2.75, 3.05) is 18.1 Å². The smallest absolute Gasteiger partial charge is 0.238 e. The Hall–Kier alpha value is -0.710. The van der Waals surface area contributed by atoms with Crippen LogP contribution in [0.2, 0.25) is 5.02 Å². The molecule has 2 N–H and O–H groups in total. The first-order valence-corrected chi connectivity index (χ1v) is 8.67. The average Bonchev–Trinajstić information content (AvgIpc) is 2.48. The van der Waals surface area contributed by atoms with Crippen molar-refractivity contribution in [1.82, 2.24) is 5.32 Å². The Labute approximate surface area is 129 Å². The third kappa shape index (κ3) is 4.69. The molecule has 20 heavy (non-hydrogen) atoms. The molecule has 1 aromatic rings. The predicted octanol–water partition coefficient (Wildman–Crippen LogP) is 3.54. The van der Waals surface area contributed by atoms with Gasteiger partial charge in [-0.05, 0) is 43.4 Å². The zero-order valence-electron chi connectivity index (χ0n) is 11.7. The van der Waals surface area contributed by atoms with Crippen LogP contribution in [-0.2, 0) is 4.79 Å². The monoisotopic (exact) mass is 312 g/mol. The van der Waals surface area contributed by atoms with E-state index in [2.05, 4.69) is 16.9 Å². The van der Waals surface area contributed by atoms with Crippen molar-refractivity contribution in [2.45, 2.75) is 37.0 Å². The van der Waals surface area contributed by atoms with Crippen molar-refractivity contribution in [3.05, 3.63) is 29.3 Å². The minimum atomic E-state index is -0.00208. The molecule has 2 unspecified atom stereocenters. The summed E-state index contributed by atoms with van der Waals surface area (Å²) in [5, 5.41) is 7.57. The minimum Gasteiger partial charge on any atom is -0.325 e. The van der Waals surface area contributed by atoms with Gasteiger partial charge in [-0.1, -0.05) is 24.4 Å². The maximum atomic E-state index is 11.9. The highest BCUT2D eigenvalue weighted by molar-refractivity contribution is 7.99. The van der Waals surface area contributed by atoms with E-state index in [4.69, 9.17) is 11.6 Å². The molecule has 0 saturated heterocycles. The highest BCUT2D eigenvalue weighted by Crippen LogP contribution is 2.26. The number of nitrogens with one attached hydrogen (secondary N) is 2. The van der Waals surface area contributed by atoms with Gasteiger partial charge >= 0.3 is 0 Å². The van der Waals surface area contributed by atoms with Crippen LogP contribution in [0.4, 0.5) is 5.69 Å². The zero-order valence-corrected chi connectivity index (χ0v) is 13.3. The summed E-state index contributed by atoms with van der Waals surface area (Å²) in [6.45, 7) is 0.365. The molecular weight excluding hydrogens is 292 g/mol. The quantitative estimate of drug-likeness (QED) is 0.873. The molecule has 1 fully saturated rings. The molecule has 1 amide bonds. The van der Waals surface area contributed by atoms with E-state index in [9.17, 15) is 4.79 Å². The van der Waals surface area contributed by atoms with Gasteiger partial charge in [-0.15, -0.1) is 0 Å². The standard InChI is InChI=1S/C15H21ClN2OS/c1-20-14-5-3-2-4-13(14)17-10-15(19)18-12-8-6-11(16)7-9-12/h6-9,13-14,17H,2-5,10H2,1H3,(H,18,19). The highest BCUT2D eigenvalue weighted by atomic mass is 35.5. The average molecular weight is 313 g/mol. The van der Waals surface area contributed by atoms with Gasteiger partial charge in [0.15, 0.2) is 0 Å². The largest absolute Gasteiger partial charge is 0.325 e. The minimum absolute atomic E-state index is 0.00208. The van der Waals surface area contributed by atoms with Crippen LogP contribution in [0.1, 0.15) is 25.7 Å². The number of carbonyl (C=O) groups is 1. The summed E-state index contributed by atoms with van der Waals surface area (Å²) >= 11 is 7.72. The number of thioether (sulfide) groups is 1. The van der Waals surface area contributed by atoms with E-state index in [1.807, 2.05) is 23.9 Å². The molecule has 0 spiro atoms. The number of amides is 1. The summed E-state index contributed by atoms with van der Waals surface area (Å²) < 4.78 is 0. The second kappa shape index (κ2) is 7.91. The Morgan fingerprint density at radius 2 is 2.00 bits per heavy atom. The Kier molecular flexibility index (Phi) is 6.20. The lowest BCUT2D eigenvalue weighted by atomic mass is 9.95. The van der Waals surface area contributed by atoms with Gasteiger partial charge in [0.1, 0.15) is 0 Å². The summed E-state index contributed by atoms with van der Waals surface area (Å²) in [7, 11) is 0. The second-order valence-corrected chi connectivity index (χ2v) is 6.61. The maximum Gasteiger partial charge on any atom is 0.238 e. The van der Waals surface area contributed by atoms with Gasteiger partial charge in [-0.2, -0.15) is 11.8 Å². The van der Waals surface area contributed by atoms with Crippen LogP contribution in [0.25, 0.3) is 0 Å². The Morgan fingerprint density at radius 1 is 1.30 bits per heavy atom.